The topological polar surface area (TPSA) is 77.0 Å². The maximum Gasteiger partial charge on any atom is 0.255 e. The molecule has 0 spiro atoms. The molecule has 1 N–H and O–H groups in total. The lowest BCUT2D eigenvalue weighted by atomic mass is 10.1. The Kier molecular flexibility index (Phi) is 5.91. The van der Waals surface area contributed by atoms with Crippen LogP contribution in [0.25, 0.3) is 11.3 Å². The highest BCUT2D eigenvalue weighted by Gasteiger charge is 2.16. The molecule has 0 fully saturated rings. The standard InChI is InChI=1S/C24H19ClN4O2/c1-15-8-9-20(29-23(30)17-5-3-6-18(25)13-17)16(2)22(15)31-24-19(7-4-11-27-24)21-10-12-26-14-28-21/h3-14H,1-2H3,(H,29,30). The van der Waals surface area contributed by atoms with E-state index in [4.69, 9.17) is 16.3 Å². The van der Waals surface area contributed by atoms with E-state index in [0.29, 0.717) is 33.6 Å². The number of aromatic nitrogens is 3. The van der Waals surface area contributed by atoms with Crippen molar-refractivity contribution in [2.45, 2.75) is 13.8 Å². The fourth-order valence-corrected chi connectivity index (χ4v) is 3.35. The summed E-state index contributed by atoms with van der Waals surface area (Å²) in [5.74, 6) is 0.795. The molecule has 0 radical (unpaired) electrons. The molecule has 0 saturated heterocycles. The van der Waals surface area contributed by atoms with Gasteiger partial charge in [-0.05, 0) is 61.9 Å². The highest BCUT2D eigenvalue weighted by molar-refractivity contribution is 6.31. The first-order chi connectivity index (χ1) is 15.0. The zero-order valence-corrected chi connectivity index (χ0v) is 17.7. The predicted molar refractivity (Wildman–Crippen MR) is 121 cm³/mol. The van der Waals surface area contributed by atoms with Crippen LogP contribution in [0.1, 0.15) is 21.5 Å². The summed E-state index contributed by atoms with van der Waals surface area (Å²) in [7, 11) is 0. The van der Waals surface area contributed by atoms with Gasteiger partial charge in [0.1, 0.15) is 12.1 Å². The molecule has 31 heavy (non-hydrogen) atoms. The van der Waals surface area contributed by atoms with Crippen molar-refractivity contribution >= 4 is 23.2 Å². The summed E-state index contributed by atoms with van der Waals surface area (Å²) in [5.41, 5.74) is 4.28. The molecule has 6 nitrogen and oxygen atoms in total. The minimum Gasteiger partial charge on any atom is -0.438 e. The van der Waals surface area contributed by atoms with Crippen molar-refractivity contribution in [2.75, 3.05) is 5.32 Å². The van der Waals surface area contributed by atoms with E-state index >= 15 is 0 Å². The van der Waals surface area contributed by atoms with Gasteiger partial charge in [0.15, 0.2) is 0 Å². The highest BCUT2D eigenvalue weighted by atomic mass is 35.5. The Bertz CT molecular complexity index is 1250. The fourth-order valence-electron chi connectivity index (χ4n) is 3.16. The molecular formula is C24H19ClN4O2. The Balaban J connectivity index is 1.66. The van der Waals surface area contributed by atoms with Gasteiger partial charge in [-0.1, -0.05) is 23.7 Å². The third-order valence-electron chi connectivity index (χ3n) is 4.77. The van der Waals surface area contributed by atoms with E-state index in [9.17, 15) is 4.79 Å². The van der Waals surface area contributed by atoms with Crippen LogP contribution in [-0.4, -0.2) is 20.9 Å². The number of hydrogen-bond acceptors (Lipinski definition) is 5. The third-order valence-corrected chi connectivity index (χ3v) is 5.00. The number of ether oxygens (including phenoxy) is 1. The second-order valence-corrected chi connectivity index (χ2v) is 7.34. The zero-order chi connectivity index (χ0) is 21.8. The lowest BCUT2D eigenvalue weighted by Crippen LogP contribution is -2.13. The largest absolute Gasteiger partial charge is 0.438 e. The SMILES string of the molecule is Cc1ccc(NC(=O)c2cccc(Cl)c2)c(C)c1Oc1ncccc1-c1ccncn1. The Labute approximate surface area is 184 Å². The van der Waals surface area contributed by atoms with Gasteiger partial charge in [-0.3, -0.25) is 4.79 Å². The number of anilines is 1. The second-order valence-electron chi connectivity index (χ2n) is 6.90. The first-order valence-corrected chi connectivity index (χ1v) is 9.97. The van der Waals surface area contributed by atoms with E-state index in [2.05, 4.69) is 20.3 Å². The first-order valence-electron chi connectivity index (χ1n) is 9.59. The monoisotopic (exact) mass is 430 g/mol. The minimum atomic E-state index is -0.250. The summed E-state index contributed by atoms with van der Waals surface area (Å²) in [5, 5.41) is 3.44. The number of pyridine rings is 1. The van der Waals surface area contributed by atoms with Gasteiger partial charge < -0.3 is 10.1 Å². The van der Waals surface area contributed by atoms with Crippen molar-refractivity contribution in [1.29, 1.82) is 0 Å². The van der Waals surface area contributed by atoms with Gasteiger partial charge in [-0.25, -0.2) is 15.0 Å². The van der Waals surface area contributed by atoms with Crippen LogP contribution in [0.2, 0.25) is 5.02 Å². The maximum atomic E-state index is 12.7. The summed E-state index contributed by atoms with van der Waals surface area (Å²) in [6, 6.07) is 16.1. The number of carbonyl (C=O) groups excluding carboxylic acids is 1. The lowest BCUT2D eigenvalue weighted by Gasteiger charge is -2.17. The minimum absolute atomic E-state index is 0.250. The number of halogens is 1. The number of benzene rings is 2. The Morgan fingerprint density at radius 2 is 1.87 bits per heavy atom. The summed E-state index contributed by atoms with van der Waals surface area (Å²) in [4.78, 5) is 25.3. The van der Waals surface area contributed by atoms with Crippen LogP contribution < -0.4 is 10.1 Å². The van der Waals surface area contributed by atoms with Crippen molar-refractivity contribution in [2.24, 2.45) is 0 Å². The number of nitrogens with one attached hydrogen (secondary N) is 1. The Hall–Kier alpha value is -3.77. The smallest absolute Gasteiger partial charge is 0.255 e. The fraction of sp³-hybridized carbons (Fsp3) is 0.0833. The van der Waals surface area contributed by atoms with Gasteiger partial charge in [0, 0.05) is 34.2 Å². The zero-order valence-electron chi connectivity index (χ0n) is 17.0. The molecule has 2 aromatic carbocycles. The first kappa shape index (κ1) is 20.5. The number of carbonyl (C=O) groups is 1. The van der Waals surface area contributed by atoms with Crippen LogP contribution in [0.4, 0.5) is 5.69 Å². The van der Waals surface area contributed by atoms with Crippen molar-refractivity contribution in [3.63, 3.8) is 0 Å². The van der Waals surface area contributed by atoms with Crippen LogP contribution in [0.15, 0.2) is 73.3 Å². The van der Waals surface area contributed by atoms with Crippen LogP contribution in [0.5, 0.6) is 11.6 Å². The molecule has 2 aromatic heterocycles. The molecule has 7 heteroatoms. The summed E-state index contributed by atoms with van der Waals surface area (Å²) in [6.07, 6.45) is 4.81. The van der Waals surface area contributed by atoms with E-state index in [0.717, 1.165) is 16.7 Å². The number of rotatable bonds is 5. The summed E-state index contributed by atoms with van der Waals surface area (Å²) in [6.45, 7) is 3.83. The van der Waals surface area contributed by atoms with Crippen molar-refractivity contribution in [1.82, 2.24) is 15.0 Å². The van der Waals surface area contributed by atoms with Crippen molar-refractivity contribution in [3.05, 3.63) is 95.0 Å². The average molecular weight is 431 g/mol. The van der Waals surface area contributed by atoms with E-state index < -0.39 is 0 Å². The highest BCUT2D eigenvalue weighted by Crippen LogP contribution is 2.36. The van der Waals surface area contributed by atoms with Gasteiger partial charge in [0.05, 0.1) is 11.3 Å². The third kappa shape index (κ3) is 4.54. The molecule has 154 valence electrons. The Morgan fingerprint density at radius 3 is 2.65 bits per heavy atom. The average Bonchev–Trinajstić information content (AvgIpc) is 2.79. The molecule has 0 aliphatic carbocycles. The molecule has 0 bridgehead atoms. The van der Waals surface area contributed by atoms with Gasteiger partial charge in [-0.2, -0.15) is 0 Å². The summed E-state index contributed by atoms with van der Waals surface area (Å²) >= 11 is 6.01. The molecule has 0 saturated carbocycles. The Morgan fingerprint density at radius 1 is 1.00 bits per heavy atom. The molecule has 4 rings (SSSR count). The molecule has 4 aromatic rings. The number of hydrogen-bond donors (Lipinski definition) is 1. The van der Waals surface area contributed by atoms with Gasteiger partial charge in [-0.15, -0.1) is 0 Å². The van der Waals surface area contributed by atoms with E-state index in [1.165, 1.54) is 6.33 Å². The maximum absolute atomic E-state index is 12.7. The molecule has 0 aliphatic heterocycles. The van der Waals surface area contributed by atoms with Crippen LogP contribution in [-0.2, 0) is 0 Å². The molecule has 0 aliphatic rings. The molecule has 0 atom stereocenters. The molecule has 1 amide bonds. The number of nitrogens with zero attached hydrogens (tertiary/aromatic N) is 3. The van der Waals surface area contributed by atoms with Crippen molar-refractivity contribution < 1.29 is 9.53 Å². The second kappa shape index (κ2) is 8.93. The quantitative estimate of drug-likeness (QED) is 0.429. The lowest BCUT2D eigenvalue weighted by molar-refractivity contribution is 0.102. The van der Waals surface area contributed by atoms with Gasteiger partial charge in [0.2, 0.25) is 5.88 Å². The molecular weight excluding hydrogens is 412 g/mol. The van der Waals surface area contributed by atoms with E-state index in [1.54, 1.807) is 42.7 Å². The van der Waals surface area contributed by atoms with Gasteiger partial charge in [0.25, 0.3) is 5.91 Å². The van der Waals surface area contributed by atoms with Crippen molar-refractivity contribution in [3.8, 4) is 22.9 Å². The van der Waals surface area contributed by atoms with E-state index in [-0.39, 0.29) is 5.91 Å². The summed E-state index contributed by atoms with van der Waals surface area (Å²) < 4.78 is 6.23. The van der Waals surface area contributed by atoms with Crippen LogP contribution >= 0.6 is 11.6 Å². The number of amides is 1. The molecule has 2 heterocycles. The van der Waals surface area contributed by atoms with Crippen LogP contribution in [0.3, 0.4) is 0 Å². The predicted octanol–water partition coefficient (Wildman–Crippen LogP) is 5.85. The normalized spacial score (nSPS) is 10.5. The van der Waals surface area contributed by atoms with Gasteiger partial charge >= 0.3 is 0 Å². The number of aryl methyl sites for hydroxylation is 1. The van der Waals surface area contributed by atoms with E-state index in [1.807, 2.05) is 38.1 Å². The molecule has 0 unspecified atom stereocenters. The van der Waals surface area contributed by atoms with Crippen LogP contribution in [0, 0.1) is 13.8 Å².